The van der Waals surface area contributed by atoms with Gasteiger partial charge in [-0.15, -0.1) is 0 Å². The molecule has 0 saturated heterocycles. The minimum Gasteiger partial charge on any atom is -0.381 e. The number of hydrogen-bond donors (Lipinski definition) is 2. The number of nitrogens with zero attached hydrogens (tertiary/aromatic N) is 1. The van der Waals surface area contributed by atoms with E-state index < -0.39 is 22.3 Å². The number of benzene rings is 2. The van der Waals surface area contributed by atoms with Gasteiger partial charge in [0, 0.05) is 29.4 Å². The van der Waals surface area contributed by atoms with E-state index in [0.29, 0.717) is 11.3 Å². The third-order valence-electron chi connectivity index (χ3n) is 2.89. The zero-order chi connectivity index (χ0) is 15.4. The van der Waals surface area contributed by atoms with Crippen molar-refractivity contribution in [2.24, 2.45) is 5.73 Å². The number of nitro groups is 1. The molecular weight excluding hydrogens is 277 g/mol. The lowest BCUT2D eigenvalue weighted by molar-refractivity contribution is -0.387. The van der Waals surface area contributed by atoms with Crippen molar-refractivity contribution in [1.29, 1.82) is 0 Å². The van der Waals surface area contributed by atoms with Gasteiger partial charge in [-0.2, -0.15) is 4.39 Å². The summed E-state index contributed by atoms with van der Waals surface area (Å²) in [6.07, 6.45) is 0. The van der Waals surface area contributed by atoms with E-state index in [0.717, 1.165) is 6.07 Å². The van der Waals surface area contributed by atoms with E-state index >= 15 is 0 Å². The zero-order valence-corrected chi connectivity index (χ0v) is 10.9. The molecule has 2 rings (SSSR count). The van der Waals surface area contributed by atoms with Crippen molar-refractivity contribution < 1.29 is 14.1 Å². The lowest BCUT2D eigenvalue weighted by atomic mass is 10.1. The fraction of sp³-hybridized carbons (Fsp3) is 0.0714. The third kappa shape index (κ3) is 3.33. The molecule has 0 unspecified atom stereocenters. The van der Waals surface area contributed by atoms with Gasteiger partial charge in [0.2, 0.25) is 11.7 Å². The normalized spacial score (nSPS) is 10.1. The monoisotopic (exact) mass is 289 g/mol. The Hall–Kier alpha value is -2.96. The van der Waals surface area contributed by atoms with Gasteiger partial charge in [0.05, 0.1) is 4.92 Å². The van der Waals surface area contributed by atoms with Gasteiger partial charge in [-0.3, -0.25) is 14.9 Å². The molecule has 108 valence electrons. The predicted molar refractivity (Wildman–Crippen MR) is 75.3 cm³/mol. The molecular formula is C14H12FN3O3. The fourth-order valence-electron chi connectivity index (χ4n) is 1.82. The van der Waals surface area contributed by atoms with Crippen LogP contribution in [0.3, 0.4) is 0 Å². The van der Waals surface area contributed by atoms with Crippen molar-refractivity contribution in [2.45, 2.75) is 6.54 Å². The number of nitro benzene ring substituents is 1. The van der Waals surface area contributed by atoms with Crippen molar-refractivity contribution in [3.63, 3.8) is 0 Å². The number of amides is 1. The number of nitrogens with one attached hydrogen (secondary N) is 1. The third-order valence-corrected chi connectivity index (χ3v) is 2.89. The van der Waals surface area contributed by atoms with Gasteiger partial charge < -0.3 is 11.1 Å². The van der Waals surface area contributed by atoms with E-state index in [1.54, 1.807) is 18.2 Å². The molecule has 0 aliphatic carbocycles. The molecule has 0 atom stereocenters. The van der Waals surface area contributed by atoms with Crippen LogP contribution in [0.1, 0.15) is 15.9 Å². The van der Waals surface area contributed by atoms with Crippen LogP contribution in [-0.4, -0.2) is 10.8 Å². The molecule has 0 aliphatic heterocycles. The van der Waals surface area contributed by atoms with E-state index in [4.69, 9.17) is 5.73 Å². The van der Waals surface area contributed by atoms with E-state index in [-0.39, 0.29) is 12.1 Å². The van der Waals surface area contributed by atoms with E-state index in [1.807, 2.05) is 0 Å². The Labute approximate surface area is 119 Å². The summed E-state index contributed by atoms with van der Waals surface area (Å²) >= 11 is 0. The highest BCUT2D eigenvalue weighted by atomic mass is 19.1. The summed E-state index contributed by atoms with van der Waals surface area (Å²) < 4.78 is 13.9. The van der Waals surface area contributed by atoms with Gasteiger partial charge in [0.1, 0.15) is 0 Å². The summed E-state index contributed by atoms with van der Waals surface area (Å²) in [5, 5.41) is 13.6. The fourth-order valence-corrected chi connectivity index (χ4v) is 1.82. The first kappa shape index (κ1) is 14.4. The van der Waals surface area contributed by atoms with Gasteiger partial charge in [-0.25, -0.2) is 0 Å². The molecule has 2 aromatic rings. The van der Waals surface area contributed by atoms with Crippen LogP contribution in [0, 0.1) is 15.9 Å². The van der Waals surface area contributed by atoms with Crippen molar-refractivity contribution in [2.75, 3.05) is 5.32 Å². The van der Waals surface area contributed by atoms with Crippen LogP contribution in [0.4, 0.5) is 15.8 Å². The maximum Gasteiger partial charge on any atom is 0.305 e. The molecule has 6 nitrogen and oxygen atoms in total. The second kappa shape index (κ2) is 6.00. The maximum atomic E-state index is 13.9. The molecule has 3 N–H and O–H groups in total. The van der Waals surface area contributed by atoms with Crippen molar-refractivity contribution in [1.82, 2.24) is 0 Å². The second-order valence-corrected chi connectivity index (χ2v) is 4.31. The first-order valence-corrected chi connectivity index (χ1v) is 6.04. The van der Waals surface area contributed by atoms with Crippen LogP contribution in [-0.2, 0) is 6.54 Å². The van der Waals surface area contributed by atoms with E-state index in [9.17, 15) is 19.3 Å². The second-order valence-electron chi connectivity index (χ2n) is 4.31. The quantitative estimate of drug-likeness (QED) is 0.652. The summed E-state index contributed by atoms with van der Waals surface area (Å²) in [7, 11) is 0. The van der Waals surface area contributed by atoms with Gasteiger partial charge in [0.25, 0.3) is 0 Å². The topological polar surface area (TPSA) is 98.3 Å². The molecule has 21 heavy (non-hydrogen) atoms. The average Bonchev–Trinajstić information content (AvgIpc) is 2.46. The number of nitrogens with two attached hydrogens (primary N) is 1. The molecule has 0 aliphatic rings. The van der Waals surface area contributed by atoms with Gasteiger partial charge in [0.15, 0.2) is 0 Å². The van der Waals surface area contributed by atoms with Gasteiger partial charge >= 0.3 is 5.69 Å². The molecule has 0 heterocycles. The Balaban J connectivity index is 2.17. The highest BCUT2D eigenvalue weighted by Gasteiger charge is 2.16. The number of rotatable bonds is 5. The number of halogens is 1. The number of carbonyl (C=O) groups excluding carboxylic acids is 1. The number of carbonyl (C=O) groups is 1. The van der Waals surface area contributed by atoms with E-state index in [2.05, 4.69) is 5.32 Å². The van der Waals surface area contributed by atoms with Gasteiger partial charge in [-0.05, 0) is 18.2 Å². The Kier molecular flexibility index (Phi) is 4.13. The molecule has 0 spiro atoms. The summed E-state index contributed by atoms with van der Waals surface area (Å²) in [6, 6.07) is 10.4. The first-order chi connectivity index (χ1) is 9.99. The Morgan fingerprint density at radius 3 is 2.67 bits per heavy atom. The highest BCUT2D eigenvalue weighted by molar-refractivity contribution is 5.93. The van der Waals surface area contributed by atoms with Crippen LogP contribution in [0.2, 0.25) is 0 Å². The molecule has 0 radical (unpaired) electrons. The van der Waals surface area contributed by atoms with Gasteiger partial charge in [-0.1, -0.05) is 18.2 Å². The Bertz CT molecular complexity index is 704. The van der Waals surface area contributed by atoms with Crippen molar-refractivity contribution in [3.8, 4) is 0 Å². The first-order valence-electron chi connectivity index (χ1n) is 6.04. The number of primary amides is 1. The number of anilines is 1. The SMILES string of the molecule is NC(=O)c1cccc(NCc2cccc([N+](=O)[O-])c2F)c1. The summed E-state index contributed by atoms with van der Waals surface area (Å²) in [6.45, 7) is 0.0513. The smallest absolute Gasteiger partial charge is 0.305 e. The minimum absolute atomic E-state index is 0.0513. The van der Waals surface area contributed by atoms with Crippen molar-refractivity contribution in [3.05, 3.63) is 69.5 Å². The summed E-state index contributed by atoms with van der Waals surface area (Å²) in [5.74, 6) is -1.44. The van der Waals surface area contributed by atoms with Crippen LogP contribution in [0.5, 0.6) is 0 Å². The molecule has 7 heteroatoms. The van der Waals surface area contributed by atoms with Crippen LogP contribution < -0.4 is 11.1 Å². The Morgan fingerprint density at radius 1 is 1.29 bits per heavy atom. The highest BCUT2D eigenvalue weighted by Crippen LogP contribution is 2.21. The average molecular weight is 289 g/mol. The van der Waals surface area contributed by atoms with Crippen LogP contribution in [0.25, 0.3) is 0 Å². The lowest BCUT2D eigenvalue weighted by Gasteiger charge is -2.08. The van der Waals surface area contributed by atoms with Crippen LogP contribution in [0.15, 0.2) is 42.5 Å². The summed E-state index contributed by atoms with van der Waals surface area (Å²) in [4.78, 5) is 21.0. The lowest BCUT2D eigenvalue weighted by Crippen LogP contribution is -2.11. The predicted octanol–water partition coefficient (Wildman–Crippen LogP) is 2.44. The minimum atomic E-state index is -0.874. The van der Waals surface area contributed by atoms with E-state index in [1.165, 1.54) is 18.2 Å². The maximum absolute atomic E-state index is 13.9. The summed E-state index contributed by atoms with van der Waals surface area (Å²) in [5.41, 5.74) is 5.64. The largest absolute Gasteiger partial charge is 0.381 e. The molecule has 0 bridgehead atoms. The molecule has 0 saturated carbocycles. The number of hydrogen-bond acceptors (Lipinski definition) is 4. The molecule has 2 aromatic carbocycles. The zero-order valence-electron chi connectivity index (χ0n) is 10.9. The standard InChI is InChI=1S/C14H12FN3O3/c15-13-10(4-2-6-12(13)18(20)21)8-17-11-5-1-3-9(7-11)14(16)19/h1-7,17H,8H2,(H2,16,19). The molecule has 0 aromatic heterocycles. The van der Waals surface area contributed by atoms with Crippen LogP contribution >= 0.6 is 0 Å². The molecule has 0 fully saturated rings. The molecule has 1 amide bonds. The van der Waals surface area contributed by atoms with Crippen molar-refractivity contribution >= 4 is 17.3 Å². The Morgan fingerprint density at radius 2 is 2.00 bits per heavy atom.